The Morgan fingerprint density at radius 1 is 1.50 bits per heavy atom. The quantitative estimate of drug-likeness (QED) is 0.846. The Bertz CT molecular complexity index is 469. The molecule has 2 aliphatic rings. The highest BCUT2D eigenvalue weighted by Gasteiger charge is 2.26. The molecule has 6 nitrogen and oxygen atoms in total. The number of ether oxygens (including phenoxy) is 1. The monoisotopic (exact) mass is 278 g/mol. The minimum atomic E-state index is -0.328. The highest BCUT2D eigenvalue weighted by Crippen LogP contribution is 2.28. The molecule has 0 radical (unpaired) electrons. The van der Waals surface area contributed by atoms with Crippen LogP contribution < -0.4 is 5.32 Å². The Kier molecular flexibility index (Phi) is 4.00. The number of aromatic nitrogens is 3. The zero-order valence-corrected chi connectivity index (χ0v) is 11.9. The van der Waals surface area contributed by atoms with Gasteiger partial charge in [0, 0.05) is 13.1 Å². The van der Waals surface area contributed by atoms with E-state index in [-0.39, 0.29) is 12.1 Å². The fourth-order valence-corrected chi connectivity index (χ4v) is 2.94. The third-order valence-corrected chi connectivity index (χ3v) is 4.44. The van der Waals surface area contributed by atoms with Crippen molar-refractivity contribution < 1.29 is 9.53 Å². The van der Waals surface area contributed by atoms with Gasteiger partial charge in [-0.25, -0.2) is 9.48 Å². The summed E-state index contributed by atoms with van der Waals surface area (Å²) in [6, 6.07) is 0.322. The normalized spacial score (nSPS) is 27.1. The van der Waals surface area contributed by atoms with Gasteiger partial charge in [0.15, 0.2) is 5.69 Å². The van der Waals surface area contributed by atoms with Crippen molar-refractivity contribution in [3.05, 3.63) is 11.9 Å². The van der Waals surface area contributed by atoms with E-state index >= 15 is 0 Å². The molecule has 1 aromatic rings. The Morgan fingerprint density at radius 3 is 3.05 bits per heavy atom. The molecule has 110 valence electrons. The summed E-state index contributed by atoms with van der Waals surface area (Å²) in [7, 11) is 0. The lowest BCUT2D eigenvalue weighted by Gasteiger charge is -2.28. The summed E-state index contributed by atoms with van der Waals surface area (Å²) in [5.41, 5.74) is 0.329. The first-order chi connectivity index (χ1) is 9.76. The van der Waals surface area contributed by atoms with Crippen molar-refractivity contribution in [3.63, 3.8) is 0 Å². The number of rotatable bonds is 4. The Labute approximate surface area is 118 Å². The van der Waals surface area contributed by atoms with Crippen LogP contribution in [0.3, 0.4) is 0 Å². The molecule has 0 spiro atoms. The van der Waals surface area contributed by atoms with E-state index < -0.39 is 0 Å². The van der Waals surface area contributed by atoms with E-state index in [2.05, 4.69) is 22.6 Å². The molecule has 0 amide bonds. The maximum Gasteiger partial charge on any atom is 0.360 e. The van der Waals surface area contributed by atoms with Gasteiger partial charge in [0.25, 0.3) is 0 Å². The number of hydrogen-bond donors (Lipinski definition) is 1. The topological polar surface area (TPSA) is 69.0 Å². The predicted molar refractivity (Wildman–Crippen MR) is 73.4 cm³/mol. The Morgan fingerprint density at radius 2 is 2.35 bits per heavy atom. The molecule has 1 aliphatic heterocycles. The van der Waals surface area contributed by atoms with E-state index in [1.54, 1.807) is 10.9 Å². The fourth-order valence-electron chi connectivity index (χ4n) is 2.94. The fraction of sp³-hybridized carbons (Fsp3) is 0.786. The van der Waals surface area contributed by atoms with E-state index in [1.807, 2.05) is 0 Å². The van der Waals surface area contributed by atoms with Crippen LogP contribution in [-0.2, 0) is 4.74 Å². The van der Waals surface area contributed by atoms with Crippen molar-refractivity contribution in [2.45, 2.75) is 51.2 Å². The summed E-state index contributed by atoms with van der Waals surface area (Å²) in [6.45, 7) is 3.98. The number of nitrogens with zero attached hydrogens (tertiary/aromatic N) is 3. The summed E-state index contributed by atoms with van der Waals surface area (Å²) in [5.74, 6) is 0.364. The molecule has 2 fully saturated rings. The number of carbonyl (C=O) groups excluding carboxylic acids is 1. The molecule has 3 rings (SSSR count). The first-order valence-electron chi connectivity index (χ1n) is 7.59. The van der Waals surface area contributed by atoms with Crippen LogP contribution in [0.5, 0.6) is 0 Å². The van der Waals surface area contributed by atoms with Crippen molar-refractivity contribution in [1.82, 2.24) is 20.3 Å². The maximum absolute atomic E-state index is 12.1. The third kappa shape index (κ3) is 2.85. The van der Waals surface area contributed by atoms with Gasteiger partial charge < -0.3 is 10.1 Å². The maximum atomic E-state index is 12.1. The third-order valence-electron chi connectivity index (χ3n) is 4.44. The van der Waals surface area contributed by atoms with Gasteiger partial charge in [-0.15, -0.1) is 5.10 Å². The molecule has 2 unspecified atom stereocenters. The van der Waals surface area contributed by atoms with E-state index in [0.29, 0.717) is 17.7 Å². The predicted octanol–water partition coefficient (Wildman–Crippen LogP) is 1.55. The van der Waals surface area contributed by atoms with Gasteiger partial charge in [0.05, 0.1) is 12.2 Å². The second-order valence-electron chi connectivity index (χ2n) is 5.86. The minimum absolute atomic E-state index is 0.0525. The highest BCUT2D eigenvalue weighted by atomic mass is 16.5. The van der Waals surface area contributed by atoms with Crippen molar-refractivity contribution in [2.24, 2.45) is 5.92 Å². The van der Waals surface area contributed by atoms with Crippen LogP contribution in [0.25, 0.3) is 0 Å². The van der Waals surface area contributed by atoms with Crippen LogP contribution in [0.15, 0.2) is 6.20 Å². The zero-order chi connectivity index (χ0) is 13.9. The summed E-state index contributed by atoms with van der Waals surface area (Å²) >= 11 is 0. The van der Waals surface area contributed by atoms with Crippen molar-refractivity contribution >= 4 is 5.97 Å². The molecule has 1 aliphatic carbocycles. The van der Waals surface area contributed by atoms with Crippen molar-refractivity contribution in [2.75, 3.05) is 13.1 Å². The van der Waals surface area contributed by atoms with Gasteiger partial charge in [-0.2, -0.15) is 0 Å². The summed E-state index contributed by atoms with van der Waals surface area (Å²) in [5, 5.41) is 11.1. The molecule has 2 heterocycles. The smallest absolute Gasteiger partial charge is 0.360 e. The molecule has 0 aromatic carbocycles. The number of hydrogen-bond acceptors (Lipinski definition) is 5. The van der Waals surface area contributed by atoms with E-state index in [1.165, 1.54) is 12.8 Å². The molecule has 0 bridgehead atoms. The Balaban J connectivity index is 1.56. The van der Waals surface area contributed by atoms with Gasteiger partial charge in [0.2, 0.25) is 0 Å². The number of esters is 1. The largest absolute Gasteiger partial charge is 0.458 e. The summed E-state index contributed by atoms with van der Waals surface area (Å²) in [6.07, 6.45) is 7.29. The van der Waals surface area contributed by atoms with Crippen LogP contribution in [0.4, 0.5) is 0 Å². The lowest BCUT2D eigenvalue weighted by atomic mass is 9.85. The number of nitrogens with one attached hydrogen (secondary N) is 1. The Hall–Kier alpha value is -1.43. The van der Waals surface area contributed by atoms with Crippen LogP contribution in [0.2, 0.25) is 0 Å². The average Bonchev–Trinajstić information content (AvgIpc) is 2.86. The zero-order valence-electron chi connectivity index (χ0n) is 11.9. The van der Waals surface area contributed by atoms with Gasteiger partial charge in [-0.3, -0.25) is 0 Å². The van der Waals surface area contributed by atoms with Crippen LogP contribution in [-0.4, -0.2) is 40.2 Å². The molecule has 1 aromatic heterocycles. The molecular weight excluding hydrogens is 256 g/mol. The second kappa shape index (κ2) is 5.91. The van der Waals surface area contributed by atoms with Crippen LogP contribution >= 0.6 is 0 Å². The van der Waals surface area contributed by atoms with Gasteiger partial charge in [0.1, 0.15) is 6.10 Å². The lowest BCUT2D eigenvalue weighted by molar-refractivity contribution is 0.0133. The molecule has 20 heavy (non-hydrogen) atoms. The molecule has 1 saturated heterocycles. The summed E-state index contributed by atoms with van der Waals surface area (Å²) in [4.78, 5) is 12.1. The van der Waals surface area contributed by atoms with Gasteiger partial charge >= 0.3 is 5.97 Å². The van der Waals surface area contributed by atoms with Gasteiger partial charge in [-0.1, -0.05) is 25.0 Å². The first kappa shape index (κ1) is 13.5. The van der Waals surface area contributed by atoms with E-state index in [9.17, 15) is 4.79 Å². The molecular formula is C14H22N4O2. The van der Waals surface area contributed by atoms with Gasteiger partial charge in [-0.05, 0) is 25.2 Å². The SMILES string of the molecule is CCC1CCCC(OC(=O)c2cn(C3CNC3)nn2)C1. The van der Waals surface area contributed by atoms with E-state index in [0.717, 1.165) is 32.4 Å². The molecule has 2 atom stereocenters. The minimum Gasteiger partial charge on any atom is -0.458 e. The molecule has 1 saturated carbocycles. The lowest BCUT2D eigenvalue weighted by Crippen LogP contribution is -2.43. The van der Waals surface area contributed by atoms with E-state index in [4.69, 9.17) is 4.74 Å². The molecule has 1 N–H and O–H groups in total. The first-order valence-corrected chi connectivity index (χ1v) is 7.59. The molecule has 6 heteroatoms. The average molecular weight is 278 g/mol. The van der Waals surface area contributed by atoms with Crippen LogP contribution in [0.1, 0.15) is 55.6 Å². The van der Waals surface area contributed by atoms with Crippen molar-refractivity contribution in [3.8, 4) is 0 Å². The standard InChI is InChI=1S/C14H22N4O2/c1-2-10-4-3-5-12(6-10)20-14(19)13-9-18(17-16-13)11-7-15-8-11/h9-12,15H,2-8H2,1H3. The highest BCUT2D eigenvalue weighted by molar-refractivity contribution is 5.86. The summed E-state index contributed by atoms with van der Waals surface area (Å²) < 4.78 is 7.34. The number of carbonyl (C=O) groups is 1. The second-order valence-corrected chi connectivity index (χ2v) is 5.86. The van der Waals surface area contributed by atoms with Crippen molar-refractivity contribution in [1.29, 1.82) is 0 Å². The van der Waals surface area contributed by atoms with Crippen LogP contribution in [0, 0.1) is 5.92 Å².